The number of carbonyl (C=O) groups is 2. The van der Waals surface area contributed by atoms with Crippen LogP contribution in [0.25, 0.3) is 0 Å². The molecule has 2 atom stereocenters. The summed E-state index contributed by atoms with van der Waals surface area (Å²) in [5.41, 5.74) is 0. The van der Waals surface area contributed by atoms with Gasteiger partial charge in [-0.15, -0.1) is 0 Å². The third-order valence-corrected chi connectivity index (χ3v) is 5.00. The van der Waals surface area contributed by atoms with Crippen molar-refractivity contribution in [2.45, 2.75) is 32.1 Å². The van der Waals surface area contributed by atoms with Crippen molar-refractivity contribution in [3.8, 4) is 0 Å². The molecule has 2 saturated heterocycles. The van der Waals surface area contributed by atoms with Crippen LogP contribution in [0.4, 0.5) is 0 Å². The molecule has 0 aromatic heterocycles. The SMILES string of the molecule is O=C(C[C@@H]1C=CCC1)N1CCC[C@H](C(=O)N2CCOCC2)C1. The fourth-order valence-electron chi connectivity index (χ4n) is 3.67. The zero-order chi connectivity index (χ0) is 15.4. The van der Waals surface area contributed by atoms with Gasteiger partial charge in [0.05, 0.1) is 19.1 Å². The lowest BCUT2D eigenvalue weighted by Gasteiger charge is -2.36. The van der Waals surface area contributed by atoms with E-state index in [9.17, 15) is 9.59 Å². The van der Waals surface area contributed by atoms with E-state index in [1.54, 1.807) is 0 Å². The molecule has 122 valence electrons. The minimum atomic E-state index is -0.0186. The Labute approximate surface area is 132 Å². The highest BCUT2D eigenvalue weighted by Crippen LogP contribution is 2.24. The lowest BCUT2D eigenvalue weighted by Crippen LogP contribution is -2.49. The van der Waals surface area contributed by atoms with E-state index in [0.29, 0.717) is 45.2 Å². The highest BCUT2D eigenvalue weighted by atomic mass is 16.5. The summed E-state index contributed by atoms with van der Waals surface area (Å²) in [6.07, 6.45) is 8.97. The topological polar surface area (TPSA) is 49.9 Å². The van der Waals surface area contributed by atoms with Crippen LogP contribution >= 0.6 is 0 Å². The molecule has 5 nitrogen and oxygen atoms in total. The molecule has 0 aromatic rings. The molecule has 3 aliphatic rings. The van der Waals surface area contributed by atoms with E-state index >= 15 is 0 Å². The number of nitrogens with zero attached hydrogens (tertiary/aromatic N) is 2. The molecule has 2 amide bonds. The molecular weight excluding hydrogens is 280 g/mol. The number of hydrogen-bond acceptors (Lipinski definition) is 3. The van der Waals surface area contributed by atoms with Crippen molar-refractivity contribution in [1.29, 1.82) is 0 Å². The standard InChI is InChI=1S/C17H26N2O3/c20-16(12-14-4-1-2-5-14)19-7-3-6-15(13-19)17(21)18-8-10-22-11-9-18/h1,4,14-15H,2-3,5-13H2/t14-,15+/m1/s1. The van der Waals surface area contributed by atoms with Crippen molar-refractivity contribution in [2.24, 2.45) is 11.8 Å². The quantitative estimate of drug-likeness (QED) is 0.741. The number of piperidine rings is 1. The molecule has 0 aromatic carbocycles. The van der Waals surface area contributed by atoms with E-state index in [4.69, 9.17) is 4.74 Å². The maximum atomic E-state index is 12.6. The first kappa shape index (κ1) is 15.5. The molecule has 2 aliphatic heterocycles. The molecule has 2 fully saturated rings. The zero-order valence-electron chi connectivity index (χ0n) is 13.2. The average Bonchev–Trinajstić information content (AvgIpc) is 3.08. The second-order valence-electron chi connectivity index (χ2n) is 6.59. The van der Waals surface area contributed by atoms with Gasteiger partial charge in [0.15, 0.2) is 0 Å². The smallest absolute Gasteiger partial charge is 0.227 e. The Kier molecular flexibility index (Phi) is 5.13. The van der Waals surface area contributed by atoms with Gasteiger partial charge in [-0.1, -0.05) is 12.2 Å². The Hall–Kier alpha value is -1.36. The summed E-state index contributed by atoms with van der Waals surface area (Å²) in [6.45, 7) is 4.06. The van der Waals surface area contributed by atoms with Gasteiger partial charge in [-0.25, -0.2) is 0 Å². The van der Waals surface area contributed by atoms with Gasteiger partial charge >= 0.3 is 0 Å². The normalized spacial score (nSPS) is 28.9. The molecule has 0 spiro atoms. The first-order chi connectivity index (χ1) is 10.7. The fourth-order valence-corrected chi connectivity index (χ4v) is 3.67. The maximum Gasteiger partial charge on any atom is 0.227 e. The van der Waals surface area contributed by atoms with Gasteiger partial charge in [0.2, 0.25) is 11.8 Å². The average molecular weight is 306 g/mol. The van der Waals surface area contributed by atoms with Crippen molar-refractivity contribution in [1.82, 2.24) is 9.80 Å². The Morgan fingerprint density at radius 3 is 2.64 bits per heavy atom. The molecular formula is C17H26N2O3. The molecule has 22 heavy (non-hydrogen) atoms. The third-order valence-electron chi connectivity index (χ3n) is 5.00. The number of hydrogen-bond donors (Lipinski definition) is 0. The molecule has 2 heterocycles. The highest BCUT2D eigenvalue weighted by molar-refractivity contribution is 5.81. The maximum absolute atomic E-state index is 12.6. The predicted octanol–water partition coefficient (Wildman–Crippen LogP) is 1.44. The highest BCUT2D eigenvalue weighted by Gasteiger charge is 2.32. The first-order valence-corrected chi connectivity index (χ1v) is 8.55. The first-order valence-electron chi connectivity index (χ1n) is 8.55. The molecule has 0 radical (unpaired) electrons. The molecule has 1 aliphatic carbocycles. The summed E-state index contributed by atoms with van der Waals surface area (Å²) in [6, 6.07) is 0. The van der Waals surface area contributed by atoms with E-state index in [1.807, 2.05) is 9.80 Å². The summed E-state index contributed by atoms with van der Waals surface area (Å²) in [4.78, 5) is 28.9. The van der Waals surface area contributed by atoms with Crippen molar-refractivity contribution in [3.05, 3.63) is 12.2 Å². The van der Waals surface area contributed by atoms with Gasteiger partial charge in [0, 0.05) is 32.6 Å². The van der Waals surface area contributed by atoms with Gasteiger partial charge in [-0.3, -0.25) is 9.59 Å². The van der Waals surface area contributed by atoms with Crippen LogP contribution in [0.1, 0.15) is 32.1 Å². The Morgan fingerprint density at radius 2 is 1.91 bits per heavy atom. The lowest BCUT2D eigenvalue weighted by atomic mass is 9.95. The molecule has 3 rings (SSSR count). The Bertz CT molecular complexity index is 443. The third kappa shape index (κ3) is 3.69. The number of amides is 2. The second kappa shape index (κ2) is 7.27. The fraction of sp³-hybridized carbons (Fsp3) is 0.765. The molecule has 0 saturated carbocycles. The van der Waals surface area contributed by atoms with E-state index in [2.05, 4.69) is 12.2 Å². The number of likely N-dealkylation sites (tertiary alicyclic amines) is 1. The van der Waals surface area contributed by atoms with Gasteiger partial charge < -0.3 is 14.5 Å². The van der Waals surface area contributed by atoms with Crippen LogP contribution in [-0.4, -0.2) is 61.0 Å². The number of morpholine rings is 1. The van der Waals surface area contributed by atoms with Gasteiger partial charge in [0.1, 0.15) is 0 Å². The zero-order valence-corrected chi connectivity index (χ0v) is 13.2. The number of ether oxygens (including phenoxy) is 1. The predicted molar refractivity (Wildman–Crippen MR) is 83.2 cm³/mol. The molecule has 0 bridgehead atoms. The molecule has 5 heteroatoms. The summed E-state index contributed by atoms with van der Waals surface area (Å²) in [5, 5.41) is 0. The number of allylic oxidation sites excluding steroid dienone is 2. The van der Waals surface area contributed by atoms with Gasteiger partial charge in [0.25, 0.3) is 0 Å². The van der Waals surface area contributed by atoms with Crippen LogP contribution in [0.15, 0.2) is 12.2 Å². The lowest BCUT2D eigenvalue weighted by molar-refractivity contribution is -0.144. The van der Waals surface area contributed by atoms with Crippen molar-refractivity contribution in [2.75, 3.05) is 39.4 Å². The van der Waals surface area contributed by atoms with E-state index < -0.39 is 0 Å². The van der Waals surface area contributed by atoms with Crippen LogP contribution in [0.2, 0.25) is 0 Å². The van der Waals surface area contributed by atoms with Crippen LogP contribution in [0, 0.1) is 11.8 Å². The van der Waals surface area contributed by atoms with Gasteiger partial charge in [-0.2, -0.15) is 0 Å². The van der Waals surface area contributed by atoms with Crippen LogP contribution < -0.4 is 0 Å². The van der Waals surface area contributed by atoms with Gasteiger partial charge in [-0.05, 0) is 31.6 Å². The van der Waals surface area contributed by atoms with Crippen LogP contribution in [0.5, 0.6) is 0 Å². The van der Waals surface area contributed by atoms with Crippen LogP contribution in [-0.2, 0) is 14.3 Å². The summed E-state index contributed by atoms with van der Waals surface area (Å²) in [7, 11) is 0. The Morgan fingerprint density at radius 1 is 1.09 bits per heavy atom. The van der Waals surface area contributed by atoms with E-state index in [0.717, 1.165) is 32.2 Å². The second-order valence-corrected chi connectivity index (χ2v) is 6.59. The minimum absolute atomic E-state index is 0.0186. The molecule has 0 unspecified atom stereocenters. The minimum Gasteiger partial charge on any atom is -0.378 e. The summed E-state index contributed by atoms with van der Waals surface area (Å²) in [5.74, 6) is 0.815. The summed E-state index contributed by atoms with van der Waals surface area (Å²) < 4.78 is 5.31. The van der Waals surface area contributed by atoms with Crippen molar-refractivity contribution < 1.29 is 14.3 Å². The van der Waals surface area contributed by atoms with Crippen LogP contribution in [0.3, 0.4) is 0 Å². The van der Waals surface area contributed by atoms with E-state index in [-0.39, 0.29) is 17.7 Å². The van der Waals surface area contributed by atoms with Crippen molar-refractivity contribution in [3.63, 3.8) is 0 Å². The monoisotopic (exact) mass is 306 g/mol. The summed E-state index contributed by atoms with van der Waals surface area (Å²) >= 11 is 0. The molecule has 0 N–H and O–H groups in total. The number of carbonyl (C=O) groups excluding carboxylic acids is 2. The van der Waals surface area contributed by atoms with Crippen molar-refractivity contribution >= 4 is 11.8 Å². The number of rotatable bonds is 3. The largest absolute Gasteiger partial charge is 0.378 e. The Balaban J connectivity index is 1.52. The van der Waals surface area contributed by atoms with E-state index in [1.165, 1.54) is 0 Å².